The molecule has 0 radical (unpaired) electrons. The van der Waals surface area contributed by atoms with Crippen LogP contribution in [0.2, 0.25) is 0 Å². The molecule has 0 aliphatic heterocycles. The zero-order chi connectivity index (χ0) is 36.0. The molecule has 0 aliphatic carbocycles. The van der Waals surface area contributed by atoms with E-state index in [0.29, 0.717) is 26.1 Å². The number of carbonyl (C=O) groups excluding carboxylic acids is 2. The quantitative estimate of drug-likeness (QED) is 0.0295. The first-order chi connectivity index (χ1) is 23.9. The molecule has 0 heterocycles. The Bertz CT molecular complexity index is 742. The van der Waals surface area contributed by atoms with Gasteiger partial charge in [0.15, 0.2) is 5.56 Å². The van der Waals surface area contributed by atoms with Crippen LogP contribution in [0.4, 0.5) is 0 Å². The van der Waals surface area contributed by atoms with Gasteiger partial charge in [0.2, 0.25) is 0 Å². The summed E-state index contributed by atoms with van der Waals surface area (Å²) in [7, 11) is 2.14. The number of thioether (sulfide) groups is 1. The molecule has 0 bridgehead atoms. The zero-order valence-corrected chi connectivity index (χ0v) is 33.3. The van der Waals surface area contributed by atoms with Gasteiger partial charge < -0.3 is 19.5 Å². The SMILES string of the molecule is CCCCCC/C=C\COC(=O)CCCCCCCN(CCCCCCCC(=O)OC/C=C\CCCCCC)[C@@H](O)SCCCN(C)CC. The molecule has 0 aromatic rings. The molecule has 0 amide bonds. The summed E-state index contributed by atoms with van der Waals surface area (Å²) < 4.78 is 10.7. The summed E-state index contributed by atoms with van der Waals surface area (Å²) in [6, 6.07) is 0. The van der Waals surface area contributed by atoms with Crippen molar-refractivity contribution in [1.82, 2.24) is 9.80 Å². The van der Waals surface area contributed by atoms with Crippen LogP contribution in [0.25, 0.3) is 0 Å². The van der Waals surface area contributed by atoms with Gasteiger partial charge in [-0.2, -0.15) is 0 Å². The van der Waals surface area contributed by atoms with E-state index in [2.05, 4.69) is 49.8 Å². The maximum Gasteiger partial charge on any atom is 0.306 e. The lowest BCUT2D eigenvalue weighted by molar-refractivity contribution is -0.143. The third-order valence-corrected chi connectivity index (χ3v) is 10.0. The fourth-order valence-electron chi connectivity index (χ4n) is 5.52. The van der Waals surface area contributed by atoms with Crippen LogP contribution < -0.4 is 0 Å². The van der Waals surface area contributed by atoms with Crippen LogP contribution in [0.1, 0.15) is 168 Å². The summed E-state index contributed by atoms with van der Waals surface area (Å²) in [5, 5.41) is 11.0. The van der Waals surface area contributed by atoms with Crippen molar-refractivity contribution in [3.05, 3.63) is 24.3 Å². The van der Waals surface area contributed by atoms with E-state index in [-0.39, 0.29) is 11.9 Å². The van der Waals surface area contributed by atoms with Gasteiger partial charge in [0.1, 0.15) is 13.2 Å². The van der Waals surface area contributed by atoms with Gasteiger partial charge >= 0.3 is 11.9 Å². The number of nitrogens with zero attached hydrogens (tertiary/aromatic N) is 2. The minimum atomic E-state index is -0.466. The summed E-state index contributed by atoms with van der Waals surface area (Å²) in [6.45, 7) is 11.3. The molecule has 288 valence electrons. The summed E-state index contributed by atoms with van der Waals surface area (Å²) in [5.41, 5.74) is -0.466. The zero-order valence-electron chi connectivity index (χ0n) is 32.5. The molecule has 0 spiro atoms. The van der Waals surface area contributed by atoms with Crippen molar-refractivity contribution in [2.24, 2.45) is 0 Å². The Hall–Kier alpha value is -1.35. The summed E-state index contributed by atoms with van der Waals surface area (Å²) in [6.07, 6.45) is 32.8. The summed E-state index contributed by atoms with van der Waals surface area (Å²) in [5.74, 6) is 0.768. The highest BCUT2D eigenvalue weighted by atomic mass is 32.2. The summed E-state index contributed by atoms with van der Waals surface area (Å²) in [4.78, 5) is 28.6. The van der Waals surface area contributed by atoms with E-state index in [1.807, 2.05) is 12.2 Å². The molecule has 0 aromatic carbocycles. The molecule has 1 atom stereocenters. The van der Waals surface area contributed by atoms with Crippen LogP contribution in [0.3, 0.4) is 0 Å². The van der Waals surface area contributed by atoms with E-state index in [4.69, 9.17) is 9.47 Å². The van der Waals surface area contributed by atoms with Crippen molar-refractivity contribution in [1.29, 1.82) is 0 Å². The number of unbranched alkanes of at least 4 members (excludes halogenated alkanes) is 16. The molecule has 49 heavy (non-hydrogen) atoms. The Morgan fingerprint density at radius 1 is 0.592 bits per heavy atom. The van der Waals surface area contributed by atoms with Gasteiger partial charge in [-0.25, -0.2) is 0 Å². The number of hydrogen-bond acceptors (Lipinski definition) is 8. The normalized spacial score (nSPS) is 12.6. The molecule has 0 rings (SSSR count). The highest BCUT2D eigenvalue weighted by Gasteiger charge is 2.15. The van der Waals surface area contributed by atoms with Crippen LogP contribution in [0, 0.1) is 0 Å². The van der Waals surface area contributed by atoms with Gasteiger partial charge in [-0.1, -0.05) is 122 Å². The third kappa shape index (κ3) is 34.9. The third-order valence-electron chi connectivity index (χ3n) is 8.92. The van der Waals surface area contributed by atoms with E-state index in [1.165, 1.54) is 51.4 Å². The Kier molecular flexibility index (Phi) is 36.9. The van der Waals surface area contributed by atoms with Crippen molar-refractivity contribution in [2.45, 2.75) is 174 Å². The summed E-state index contributed by atoms with van der Waals surface area (Å²) >= 11 is 1.66. The molecule has 0 saturated heterocycles. The Morgan fingerprint density at radius 3 is 1.51 bits per heavy atom. The minimum absolute atomic E-state index is 0.0942. The maximum absolute atomic E-state index is 12.0. The van der Waals surface area contributed by atoms with Gasteiger partial charge in [-0.15, -0.1) is 11.8 Å². The van der Waals surface area contributed by atoms with Crippen molar-refractivity contribution in [3.63, 3.8) is 0 Å². The molecule has 0 aromatic heterocycles. The molecular weight excluding hydrogens is 633 g/mol. The fourth-order valence-corrected chi connectivity index (χ4v) is 6.45. The minimum Gasteiger partial charge on any atom is -0.461 e. The van der Waals surface area contributed by atoms with E-state index < -0.39 is 5.56 Å². The van der Waals surface area contributed by atoms with Crippen LogP contribution in [-0.4, -0.2) is 84.6 Å². The van der Waals surface area contributed by atoms with Gasteiger partial charge in [-0.3, -0.25) is 14.5 Å². The van der Waals surface area contributed by atoms with Crippen molar-refractivity contribution >= 4 is 23.7 Å². The number of aliphatic hydroxyl groups is 1. The van der Waals surface area contributed by atoms with Gasteiger partial charge in [-0.05, 0) is 83.7 Å². The number of aliphatic hydroxyl groups excluding tert-OH is 1. The molecule has 1 N–H and O–H groups in total. The predicted octanol–water partition coefficient (Wildman–Crippen LogP) is 10.5. The number of hydrogen-bond donors (Lipinski definition) is 1. The molecule has 0 unspecified atom stereocenters. The van der Waals surface area contributed by atoms with E-state index in [1.54, 1.807) is 11.8 Å². The Morgan fingerprint density at radius 2 is 1.04 bits per heavy atom. The number of rotatable bonds is 37. The first kappa shape index (κ1) is 47.7. The first-order valence-corrected chi connectivity index (χ1v) is 21.3. The second-order valence-corrected chi connectivity index (χ2v) is 14.7. The highest BCUT2D eigenvalue weighted by Crippen LogP contribution is 2.18. The lowest BCUT2D eigenvalue weighted by atomic mass is 10.1. The fraction of sp³-hybridized carbons (Fsp3) is 0.854. The standard InChI is InChI=1S/C41H78N2O5S/c1-5-8-10-12-14-22-28-36-47-39(44)31-24-18-16-20-26-34-43(41(46)49-38-30-33-42(4)7-3)35-27-21-17-19-25-32-40(45)48-37-29-23-15-13-11-9-6-2/h22-23,28-29,41,46H,5-21,24-27,30-38H2,1-4H3/b28-22-,29-23-/t41-/m0/s1. The van der Waals surface area contributed by atoms with Crippen molar-refractivity contribution in [3.8, 4) is 0 Å². The van der Waals surface area contributed by atoms with Gasteiger partial charge in [0.25, 0.3) is 0 Å². The van der Waals surface area contributed by atoms with Crippen molar-refractivity contribution in [2.75, 3.05) is 52.2 Å². The molecule has 0 saturated carbocycles. The predicted molar refractivity (Wildman–Crippen MR) is 211 cm³/mol. The highest BCUT2D eigenvalue weighted by molar-refractivity contribution is 7.99. The van der Waals surface area contributed by atoms with E-state index in [0.717, 1.165) is 115 Å². The number of ether oxygens (including phenoxy) is 2. The van der Waals surface area contributed by atoms with Crippen LogP contribution >= 0.6 is 11.8 Å². The topological polar surface area (TPSA) is 79.3 Å². The first-order valence-electron chi connectivity index (χ1n) is 20.3. The number of esters is 2. The number of allylic oxidation sites excluding steroid dienone is 2. The smallest absolute Gasteiger partial charge is 0.306 e. The molecule has 0 aliphatic rings. The second kappa shape index (κ2) is 37.9. The lowest BCUT2D eigenvalue weighted by Gasteiger charge is -2.27. The molecule has 7 nitrogen and oxygen atoms in total. The maximum atomic E-state index is 12.0. The lowest BCUT2D eigenvalue weighted by Crippen LogP contribution is -2.35. The largest absolute Gasteiger partial charge is 0.461 e. The molecule has 0 fully saturated rings. The average Bonchev–Trinajstić information content (AvgIpc) is 3.10. The number of carbonyl (C=O) groups is 2. The average molecular weight is 711 g/mol. The van der Waals surface area contributed by atoms with Gasteiger partial charge in [0.05, 0.1) is 0 Å². The van der Waals surface area contributed by atoms with Gasteiger partial charge in [0, 0.05) is 25.9 Å². The second-order valence-electron chi connectivity index (χ2n) is 13.5. The Labute approximate surface area is 307 Å². The Balaban J connectivity index is 4.18. The molecular formula is C41H78N2O5S. The van der Waals surface area contributed by atoms with E-state index >= 15 is 0 Å². The molecule has 8 heteroatoms. The van der Waals surface area contributed by atoms with Crippen LogP contribution in [0.5, 0.6) is 0 Å². The van der Waals surface area contributed by atoms with E-state index in [9.17, 15) is 14.7 Å². The van der Waals surface area contributed by atoms with Crippen LogP contribution in [0.15, 0.2) is 24.3 Å². The van der Waals surface area contributed by atoms with Crippen LogP contribution in [-0.2, 0) is 19.1 Å². The monoisotopic (exact) mass is 711 g/mol. The van der Waals surface area contributed by atoms with Crippen molar-refractivity contribution < 1.29 is 24.2 Å².